The first-order valence-electron chi connectivity index (χ1n) is 14.7. The van der Waals surface area contributed by atoms with Crippen molar-refractivity contribution < 1.29 is 4.79 Å². The lowest BCUT2D eigenvalue weighted by Crippen LogP contribution is -2.48. The molecule has 1 amide bonds. The minimum absolute atomic E-state index is 0.116. The molecule has 4 aromatic rings. The van der Waals surface area contributed by atoms with Gasteiger partial charge < -0.3 is 15.1 Å². The van der Waals surface area contributed by atoms with E-state index in [2.05, 4.69) is 38.2 Å². The second-order valence-electron chi connectivity index (χ2n) is 10.8. The number of piperidine rings is 1. The number of nitrogens with zero attached hydrogens (tertiary/aromatic N) is 5. The summed E-state index contributed by atoms with van der Waals surface area (Å²) in [6.07, 6.45) is 3.45. The van der Waals surface area contributed by atoms with Gasteiger partial charge in [-0.1, -0.05) is 66.2 Å². The maximum Gasteiger partial charge on any atom is 0.274 e. The van der Waals surface area contributed by atoms with Crippen LogP contribution in [0.4, 0.5) is 11.4 Å². The van der Waals surface area contributed by atoms with Gasteiger partial charge in [0, 0.05) is 68.6 Å². The van der Waals surface area contributed by atoms with E-state index in [-0.39, 0.29) is 5.91 Å². The van der Waals surface area contributed by atoms with Gasteiger partial charge in [0.05, 0.1) is 17.1 Å². The van der Waals surface area contributed by atoms with Crippen LogP contribution in [0.15, 0.2) is 84.9 Å². The third-order valence-electron chi connectivity index (χ3n) is 8.05. The number of para-hydroxylation sites is 1. The van der Waals surface area contributed by atoms with Crippen molar-refractivity contribution in [3.05, 3.63) is 95.6 Å². The van der Waals surface area contributed by atoms with Gasteiger partial charge in [-0.3, -0.25) is 9.69 Å². The summed E-state index contributed by atoms with van der Waals surface area (Å²) >= 11 is 6.20. The number of nitrogens with one attached hydrogen (secondary N) is 1. The van der Waals surface area contributed by atoms with E-state index in [1.807, 2.05) is 71.4 Å². The van der Waals surface area contributed by atoms with E-state index in [9.17, 15) is 4.79 Å². The van der Waals surface area contributed by atoms with E-state index in [0.29, 0.717) is 12.2 Å². The van der Waals surface area contributed by atoms with Gasteiger partial charge in [0.15, 0.2) is 5.69 Å². The van der Waals surface area contributed by atoms with Gasteiger partial charge in [-0.15, -0.1) is 0 Å². The molecule has 0 unspecified atom stereocenters. The van der Waals surface area contributed by atoms with Crippen LogP contribution < -0.4 is 15.1 Å². The SMILES string of the molecule is O=C(NCCN1CCN(c2cccc(Cl)c2)CC1)c1nn(-c2ccccc2)c(-c2ccccc2)c1N1CCCCC1. The Morgan fingerprint density at radius 2 is 1.44 bits per heavy atom. The topological polar surface area (TPSA) is 56.6 Å². The fraction of sp³-hybridized carbons (Fsp3) is 0.333. The average molecular weight is 569 g/mol. The van der Waals surface area contributed by atoms with Crippen LogP contribution >= 0.6 is 11.6 Å². The Labute approximate surface area is 247 Å². The number of halogens is 1. The molecule has 41 heavy (non-hydrogen) atoms. The zero-order valence-electron chi connectivity index (χ0n) is 23.4. The summed E-state index contributed by atoms with van der Waals surface area (Å²) in [4.78, 5) is 20.9. The maximum absolute atomic E-state index is 13.8. The van der Waals surface area contributed by atoms with Crippen LogP contribution in [0.5, 0.6) is 0 Å². The number of benzene rings is 3. The van der Waals surface area contributed by atoms with Crippen molar-refractivity contribution >= 4 is 28.9 Å². The van der Waals surface area contributed by atoms with Crippen LogP contribution in [-0.2, 0) is 0 Å². The number of carbonyl (C=O) groups excluding carboxylic acids is 1. The zero-order valence-corrected chi connectivity index (χ0v) is 24.1. The molecule has 3 aromatic carbocycles. The van der Waals surface area contributed by atoms with E-state index in [1.54, 1.807) is 0 Å². The summed E-state index contributed by atoms with van der Waals surface area (Å²) in [7, 11) is 0. The quantitative estimate of drug-likeness (QED) is 0.294. The Hall–Kier alpha value is -3.81. The molecule has 1 aromatic heterocycles. The molecule has 0 bridgehead atoms. The minimum Gasteiger partial charge on any atom is -0.369 e. The highest BCUT2D eigenvalue weighted by atomic mass is 35.5. The third kappa shape index (κ3) is 6.26. The molecule has 0 radical (unpaired) electrons. The van der Waals surface area contributed by atoms with Crippen LogP contribution in [0.2, 0.25) is 5.02 Å². The summed E-state index contributed by atoms with van der Waals surface area (Å²) in [6, 6.07) is 28.5. The van der Waals surface area contributed by atoms with Crippen molar-refractivity contribution in [2.45, 2.75) is 19.3 Å². The van der Waals surface area contributed by atoms with Crippen molar-refractivity contribution in [1.29, 1.82) is 0 Å². The van der Waals surface area contributed by atoms with Crippen LogP contribution in [0.3, 0.4) is 0 Å². The summed E-state index contributed by atoms with van der Waals surface area (Å²) < 4.78 is 1.95. The van der Waals surface area contributed by atoms with Crippen LogP contribution in [0.25, 0.3) is 16.9 Å². The monoisotopic (exact) mass is 568 g/mol. The van der Waals surface area contributed by atoms with E-state index in [0.717, 1.165) is 86.3 Å². The number of amides is 1. The Morgan fingerprint density at radius 3 is 2.15 bits per heavy atom. The average Bonchev–Trinajstić information content (AvgIpc) is 3.44. The van der Waals surface area contributed by atoms with Gasteiger partial charge in [0.2, 0.25) is 0 Å². The highest BCUT2D eigenvalue weighted by Gasteiger charge is 2.29. The van der Waals surface area contributed by atoms with E-state index < -0.39 is 0 Å². The largest absolute Gasteiger partial charge is 0.369 e. The number of anilines is 2. The van der Waals surface area contributed by atoms with Crippen molar-refractivity contribution in [2.24, 2.45) is 0 Å². The van der Waals surface area contributed by atoms with E-state index >= 15 is 0 Å². The summed E-state index contributed by atoms with van der Waals surface area (Å²) in [5.74, 6) is -0.116. The van der Waals surface area contributed by atoms with Crippen molar-refractivity contribution in [3.8, 4) is 16.9 Å². The molecule has 8 heteroatoms. The van der Waals surface area contributed by atoms with Gasteiger partial charge in [-0.25, -0.2) is 4.68 Å². The minimum atomic E-state index is -0.116. The van der Waals surface area contributed by atoms with Crippen molar-refractivity contribution in [1.82, 2.24) is 20.0 Å². The Bertz CT molecular complexity index is 1440. The molecule has 2 aliphatic heterocycles. The molecule has 7 nitrogen and oxygen atoms in total. The van der Waals surface area contributed by atoms with Gasteiger partial charge in [0.25, 0.3) is 5.91 Å². The lowest BCUT2D eigenvalue weighted by Gasteiger charge is -2.36. The van der Waals surface area contributed by atoms with Crippen LogP contribution in [-0.4, -0.2) is 72.9 Å². The highest BCUT2D eigenvalue weighted by molar-refractivity contribution is 6.30. The Morgan fingerprint density at radius 1 is 0.756 bits per heavy atom. The van der Waals surface area contributed by atoms with Gasteiger partial charge in [-0.05, 0) is 49.6 Å². The predicted molar refractivity (Wildman–Crippen MR) is 168 cm³/mol. The number of aromatic nitrogens is 2. The normalized spacial score (nSPS) is 16.1. The first-order valence-corrected chi connectivity index (χ1v) is 15.0. The lowest BCUT2D eigenvalue weighted by molar-refractivity contribution is 0.0942. The van der Waals surface area contributed by atoms with Crippen LogP contribution in [0.1, 0.15) is 29.8 Å². The van der Waals surface area contributed by atoms with Crippen molar-refractivity contribution in [3.63, 3.8) is 0 Å². The number of hydrogen-bond acceptors (Lipinski definition) is 5. The molecule has 0 atom stereocenters. The molecule has 0 aliphatic carbocycles. The van der Waals surface area contributed by atoms with Crippen molar-refractivity contribution in [2.75, 3.05) is 62.2 Å². The third-order valence-corrected chi connectivity index (χ3v) is 8.29. The fourth-order valence-corrected chi connectivity index (χ4v) is 6.09. The summed E-state index contributed by atoms with van der Waals surface area (Å²) in [5, 5.41) is 8.95. The number of carbonyl (C=O) groups is 1. The Balaban J connectivity index is 1.20. The standard InChI is InChI=1S/C33H37ClN6O/c34-27-13-10-16-29(25-27)38-23-21-37(22-24-38)20-17-35-33(41)30-32(39-18-8-3-9-19-39)31(26-11-4-1-5-12-26)40(36-30)28-14-6-2-7-15-28/h1-2,4-7,10-16,25H,3,8-9,17-24H2,(H,35,41). The number of piperazine rings is 1. The number of hydrogen-bond donors (Lipinski definition) is 1. The molecule has 2 fully saturated rings. The maximum atomic E-state index is 13.8. The van der Waals surface area contributed by atoms with Gasteiger partial charge >= 0.3 is 0 Å². The second-order valence-corrected chi connectivity index (χ2v) is 11.2. The first kappa shape index (κ1) is 27.4. The smallest absolute Gasteiger partial charge is 0.274 e. The number of rotatable bonds is 8. The zero-order chi connectivity index (χ0) is 28.0. The molecule has 212 valence electrons. The molecular weight excluding hydrogens is 532 g/mol. The van der Waals surface area contributed by atoms with Gasteiger partial charge in [-0.2, -0.15) is 5.10 Å². The predicted octanol–water partition coefficient (Wildman–Crippen LogP) is 5.74. The molecular formula is C33H37ClN6O. The summed E-state index contributed by atoms with van der Waals surface area (Å²) in [6.45, 7) is 7.01. The fourth-order valence-electron chi connectivity index (χ4n) is 5.90. The molecule has 3 heterocycles. The molecule has 2 saturated heterocycles. The lowest BCUT2D eigenvalue weighted by atomic mass is 10.1. The van der Waals surface area contributed by atoms with E-state index in [4.69, 9.17) is 16.7 Å². The molecule has 0 saturated carbocycles. The van der Waals surface area contributed by atoms with Crippen LogP contribution in [0, 0.1) is 0 Å². The molecule has 2 aliphatic rings. The van der Waals surface area contributed by atoms with E-state index in [1.165, 1.54) is 12.1 Å². The second kappa shape index (κ2) is 12.8. The summed E-state index contributed by atoms with van der Waals surface area (Å²) in [5.41, 5.74) is 5.58. The molecule has 1 N–H and O–H groups in total. The highest BCUT2D eigenvalue weighted by Crippen LogP contribution is 2.37. The Kier molecular flexibility index (Phi) is 8.54. The van der Waals surface area contributed by atoms with Gasteiger partial charge in [0.1, 0.15) is 0 Å². The molecule has 6 rings (SSSR count). The molecule has 0 spiro atoms. The first-order chi connectivity index (χ1) is 20.2.